The number of rotatable bonds is 16. The third kappa shape index (κ3) is 11.4. The van der Waals surface area contributed by atoms with Crippen LogP contribution < -0.4 is 9.47 Å². The van der Waals surface area contributed by atoms with E-state index in [1.165, 1.54) is 39.5 Å². The number of unbranched alkanes of at least 4 members (excludes halogenated alkanes) is 4. The number of thioether (sulfide) groups is 1. The first-order valence-electron chi connectivity index (χ1n) is 12.3. The summed E-state index contributed by atoms with van der Waals surface area (Å²) in [6.45, 7) is 2.90. The van der Waals surface area contributed by atoms with Gasteiger partial charge in [0.2, 0.25) is 0 Å². The van der Waals surface area contributed by atoms with Gasteiger partial charge in [0.1, 0.15) is 11.5 Å². The lowest BCUT2D eigenvalue weighted by Gasteiger charge is -2.26. The summed E-state index contributed by atoms with van der Waals surface area (Å²) >= 11 is 6.77. The third-order valence-corrected chi connectivity index (χ3v) is 8.73. The fourth-order valence-corrected chi connectivity index (χ4v) is 6.75. The number of ether oxygens (including phenoxy) is 2. The summed E-state index contributed by atoms with van der Waals surface area (Å²) in [6.07, 6.45) is 9.00. The number of benzene rings is 2. The second-order valence-corrected chi connectivity index (χ2v) is 12.0. The van der Waals surface area contributed by atoms with Gasteiger partial charge in [0.05, 0.1) is 0 Å². The molecule has 0 aliphatic heterocycles. The first-order valence-corrected chi connectivity index (χ1v) is 16.3. The molecule has 7 heteroatoms. The van der Waals surface area contributed by atoms with Crippen molar-refractivity contribution in [1.29, 1.82) is 0 Å². The summed E-state index contributed by atoms with van der Waals surface area (Å²) in [5, 5.41) is 0.333. The molecule has 4 nitrogen and oxygen atoms in total. The molecule has 0 amide bonds. The lowest BCUT2D eigenvalue weighted by molar-refractivity contribution is -0.132. The topological polar surface area (TPSA) is 52.6 Å². The Balaban J connectivity index is 2.39. The van der Waals surface area contributed by atoms with Gasteiger partial charge in [0, 0.05) is 35.5 Å². The van der Waals surface area contributed by atoms with Crippen molar-refractivity contribution in [1.82, 2.24) is 0 Å². The molecule has 2 atom stereocenters. The normalized spacial score (nSPS) is 12.7. The smallest absolute Gasteiger partial charge is 0.308 e. The molecular formula is C28H36I2O4S. The van der Waals surface area contributed by atoms with Gasteiger partial charge in [-0.05, 0) is 46.7 Å². The van der Waals surface area contributed by atoms with Gasteiger partial charge in [-0.1, -0.05) is 107 Å². The van der Waals surface area contributed by atoms with Crippen LogP contribution in [0, 0.1) is 0 Å². The molecule has 0 saturated carbocycles. The van der Waals surface area contributed by atoms with E-state index in [1.807, 2.05) is 48.2 Å². The van der Waals surface area contributed by atoms with Gasteiger partial charge in [0.25, 0.3) is 0 Å². The first kappa shape index (κ1) is 30.4. The van der Waals surface area contributed by atoms with Crippen LogP contribution in [0.25, 0.3) is 0 Å². The van der Waals surface area contributed by atoms with Crippen LogP contribution in [0.3, 0.4) is 0 Å². The van der Waals surface area contributed by atoms with E-state index in [9.17, 15) is 9.59 Å². The van der Waals surface area contributed by atoms with Gasteiger partial charge < -0.3 is 9.47 Å². The summed E-state index contributed by atoms with van der Waals surface area (Å²) in [5.74, 6) is 0.676. The SMILES string of the molecule is CC(=O)Oc1ccccc1C(CCCCCI)SC(CCCCCI)c1ccccc1OC(C)=O. The maximum absolute atomic E-state index is 11.8. The molecule has 2 aromatic carbocycles. The number of hydrogen-bond acceptors (Lipinski definition) is 5. The fourth-order valence-electron chi connectivity index (χ4n) is 3.98. The van der Waals surface area contributed by atoms with Gasteiger partial charge >= 0.3 is 11.9 Å². The Kier molecular flexibility index (Phi) is 15.3. The van der Waals surface area contributed by atoms with Crippen molar-refractivity contribution in [2.75, 3.05) is 8.86 Å². The minimum atomic E-state index is -0.304. The second-order valence-electron chi connectivity index (χ2n) is 8.45. The number of halogens is 2. The van der Waals surface area contributed by atoms with Crippen molar-refractivity contribution in [3.63, 3.8) is 0 Å². The van der Waals surface area contributed by atoms with Crippen molar-refractivity contribution in [3.05, 3.63) is 59.7 Å². The summed E-state index contributed by atoms with van der Waals surface area (Å²) < 4.78 is 13.5. The van der Waals surface area contributed by atoms with Crippen molar-refractivity contribution in [3.8, 4) is 11.5 Å². The monoisotopic (exact) mass is 722 g/mol. The average molecular weight is 722 g/mol. The van der Waals surface area contributed by atoms with Crippen LogP contribution in [-0.2, 0) is 9.59 Å². The number of carbonyl (C=O) groups is 2. The Labute approximate surface area is 242 Å². The van der Waals surface area contributed by atoms with Crippen LogP contribution in [0.15, 0.2) is 48.5 Å². The average Bonchev–Trinajstić information content (AvgIpc) is 2.83. The van der Waals surface area contributed by atoms with Gasteiger partial charge in [-0.25, -0.2) is 0 Å². The van der Waals surface area contributed by atoms with Gasteiger partial charge in [0.15, 0.2) is 0 Å². The quantitative estimate of drug-likeness (QED) is 0.0570. The molecule has 0 heterocycles. The van der Waals surface area contributed by atoms with E-state index in [1.54, 1.807) is 0 Å². The number of hydrogen-bond donors (Lipinski definition) is 0. The lowest BCUT2D eigenvalue weighted by atomic mass is 10.0. The van der Waals surface area contributed by atoms with Crippen LogP contribution >= 0.6 is 56.9 Å². The Bertz CT molecular complexity index is 848. The maximum atomic E-state index is 11.8. The predicted octanol–water partition coefficient (Wildman–Crippen LogP) is 9.04. The molecule has 0 N–H and O–H groups in total. The number of esters is 2. The van der Waals surface area contributed by atoms with Gasteiger partial charge in [-0.15, -0.1) is 11.8 Å². The molecule has 2 aromatic rings. The van der Waals surface area contributed by atoms with Crippen molar-refractivity contribution in [2.45, 2.75) is 75.7 Å². The zero-order valence-corrected chi connectivity index (χ0v) is 25.8. The Morgan fingerprint density at radius 2 is 1.09 bits per heavy atom. The predicted molar refractivity (Wildman–Crippen MR) is 163 cm³/mol. The molecule has 0 aliphatic carbocycles. The maximum Gasteiger partial charge on any atom is 0.308 e. The van der Waals surface area contributed by atoms with Crippen molar-refractivity contribution >= 4 is 68.9 Å². The molecule has 0 radical (unpaired) electrons. The molecule has 35 heavy (non-hydrogen) atoms. The number of carbonyl (C=O) groups excluding carboxylic acids is 2. The van der Waals surface area contributed by atoms with E-state index in [-0.39, 0.29) is 22.4 Å². The Morgan fingerprint density at radius 1 is 0.686 bits per heavy atom. The summed E-state index contributed by atoms with van der Waals surface area (Å²) in [7, 11) is 0. The number of alkyl halides is 2. The molecule has 192 valence electrons. The molecule has 0 fully saturated rings. The van der Waals surface area contributed by atoms with Crippen LogP contribution in [0.2, 0.25) is 0 Å². The largest absolute Gasteiger partial charge is 0.426 e. The van der Waals surface area contributed by atoms with Crippen LogP contribution in [-0.4, -0.2) is 20.8 Å². The van der Waals surface area contributed by atoms with E-state index in [0.29, 0.717) is 11.5 Å². The van der Waals surface area contributed by atoms with Crippen molar-refractivity contribution in [2.24, 2.45) is 0 Å². The Morgan fingerprint density at radius 3 is 1.46 bits per heavy atom. The first-order chi connectivity index (χ1) is 17.0. The highest BCUT2D eigenvalue weighted by atomic mass is 127. The van der Waals surface area contributed by atoms with E-state index >= 15 is 0 Å². The second kappa shape index (κ2) is 17.6. The summed E-state index contributed by atoms with van der Waals surface area (Å²) in [4.78, 5) is 23.6. The zero-order chi connectivity index (χ0) is 25.5. The zero-order valence-electron chi connectivity index (χ0n) is 20.6. The van der Waals surface area contributed by atoms with Crippen molar-refractivity contribution < 1.29 is 19.1 Å². The lowest BCUT2D eigenvalue weighted by Crippen LogP contribution is -2.09. The number of para-hydroxylation sites is 2. The van der Waals surface area contributed by atoms with E-state index in [0.717, 1.165) is 45.7 Å². The molecule has 0 aromatic heterocycles. The third-order valence-electron chi connectivity index (χ3n) is 5.57. The van der Waals surface area contributed by atoms with Crippen LogP contribution in [0.5, 0.6) is 11.5 Å². The standard InChI is InChI=1S/C28H36I2O4S/c1-21(31)33-25-15-9-7-13-23(25)27(17-5-3-11-19-29)35-28(18-6-4-12-20-30)24-14-8-10-16-26(24)34-22(2)32/h7-10,13-16,27-28H,3-6,11-12,17-20H2,1-2H3. The highest BCUT2D eigenvalue weighted by Crippen LogP contribution is 2.49. The highest BCUT2D eigenvalue weighted by Gasteiger charge is 2.25. The molecular weight excluding hydrogens is 686 g/mol. The van der Waals surface area contributed by atoms with Gasteiger partial charge in [-0.2, -0.15) is 0 Å². The summed E-state index contributed by atoms with van der Waals surface area (Å²) in [5.41, 5.74) is 2.12. The van der Waals surface area contributed by atoms with E-state index in [2.05, 4.69) is 57.3 Å². The Hall–Kier alpha value is -0.810. The fraction of sp³-hybridized carbons (Fsp3) is 0.500. The van der Waals surface area contributed by atoms with E-state index < -0.39 is 0 Å². The minimum Gasteiger partial charge on any atom is -0.426 e. The van der Waals surface area contributed by atoms with Gasteiger partial charge in [-0.3, -0.25) is 9.59 Å². The molecule has 0 spiro atoms. The molecule has 2 rings (SSSR count). The highest BCUT2D eigenvalue weighted by molar-refractivity contribution is 14.1. The minimum absolute atomic E-state index is 0.166. The molecule has 0 aliphatic rings. The van der Waals surface area contributed by atoms with Crippen LogP contribution in [0.4, 0.5) is 0 Å². The molecule has 2 unspecified atom stereocenters. The van der Waals surface area contributed by atoms with E-state index in [4.69, 9.17) is 9.47 Å². The summed E-state index contributed by atoms with van der Waals surface area (Å²) in [6, 6.07) is 15.8. The van der Waals surface area contributed by atoms with Crippen LogP contribution in [0.1, 0.15) is 86.8 Å². The molecule has 0 saturated heterocycles. The molecule has 0 bridgehead atoms.